The Morgan fingerprint density at radius 3 is 3.18 bits per heavy atom. The van der Waals surface area contributed by atoms with Crippen LogP contribution >= 0.6 is 0 Å². The molecule has 0 aliphatic carbocycles. The molecule has 1 aromatic carbocycles. The lowest BCUT2D eigenvalue weighted by atomic mass is 10.2. The molecule has 1 aromatic heterocycles. The molecule has 0 bridgehead atoms. The standard InChI is InChI=1S/C10H5O/c1-2-8-3-4-9-5-6-11-10(9)7-8/h1,3-5,7H. The number of rotatable bonds is 0. The van der Waals surface area contributed by atoms with Crippen LogP contribution in [0.1, 0.15) is 5.56 Å². The highest BCUT2D eigenvalue weighted by molar-refractivity contribution is 5.78. The summed E-state index contributed by atoms with van der Waals surface area (Å²) in [4.78, 5) is 0. The molecule has 1 radical (unpaired) electrons. The van der Waals surface area contributed by atoms with E-state index >= 15 is 0 Å². The second-order valence-corrected chi connectivity index (χ2v) is 2.26. The minimum absolute atomic E-state index is 0.792. The van der Waals surface area contributed by atoms with E-state index in [0.29, 0.717) is 0 Å². The van der Waals surface area contributed by atoms with Gasteiger partial charge >= 0.3 is 0 Å². The molecule has 0 aliphatic heterocycles. The van der Waals surface area contributed by atoms with Gasteiger partial charge in [-0.1, -0.05) is 5.92 Å². The molecule has 2 aromatic rings. The van der Waals surface area contributed by atoms with Gasteiger partial charge in [0.25, 0.3) is 0 Å². The van der Waals surface area contributed by atoms with Crippen LogP contribution in [0.15, 0.2) is 28.7 Å². The lowest BCUT2D eigenvalue weighted by Crippen LogP contribution is -1.70. The van der Waals surface area contributed by atoms with Crippen LogP contribution in [0, 0.1) is 18.6 Å². The first-order valence-electron chi connectivity index (χ1n) is 3.26. The topological polar surface area (TPSA) is 13.1 Å². The van der Waals surface area contributed by atoms with Crippen LogP contribution in [0.25, 0.3) is 11.0 Å². The van der Waals surface area contributed by atoms with E-state index in [0.717, 1.165) is 16.5 Å². The SMILES string of the molecule is C#Cc1ccc2c[c]oc2c1. The molecule has 51 valence electrons. The Labute approximate surface area is 64.6 Å². The molecule has 1 heteroatoms. The average Bonchev–Trinajstić information content (AvgIpc) is 2.50. The predicted molar refractivity (Wildman–Crippen MR) is 43.0 cm³/mol. The summed E-state index contributed by atoms with van der Waals surface area (Å²) in [5, 5.41) is 1.03. The smallest absolute Gasteiger partial charge is 0.170 e. The van der Waals surface area contributed by atoms with Gasteiger partial charge in [0, 0.05) is 10.9 Å². The van der Waals surface area contributed by atoms with Crippen LogP contribution < -0.4 is 0 Å². The van der Waals surface area contributed by atoms with Gasteiger partial charge in [0.1, 0.15) is 5.58 Å². The summed E-state index contributed by atoms with van der Waals surface area (Å²) in [6.45, 7) is 0. The first-order chi connectivity index (χ1) is 5.40. The largest absolute Gasteiger partial charge is 0.453 e. The van der Waals surface area contributed by atoms with E-state index in [1.54, 1.807) is 6.07 Å². The highest BCUT2D eigenvalue weighted by Gasteiger charge is 1.95. The fourth-order valence-corrected chi connectivity index (χ4v) is 0.988. The lowest BCUT2D eigenvalue weighted by molar-refractivity contribution is 0.606. The van der Waals surface area contributed by atoms with Crippen molar-refractivity contribution < 1.29 is 4.42 Å². The zero-order valence-electron chi connectivity index (χ0n) is 5.79. The third-order valence-corrected chi connectivity index (χ3v) is 1.56. The van der Waals surface area contributed by atoms with Gasteiger partial charge in [0.05, 0.1) is 0 Å². The molecule has 11 heavy (non-hydrogen) atoms. The molecule has 0 unspecified atom stereocenters. The van der Waals surface area contributed by atoms with Crippen LogP contribution in [0.2, 0.25) is 0 Å². The van der Waals surface area contributed by atoms with Gasteiger partial charge in [-0.15, -0.1) is 6.42 Å². The van der Waals surface area contributed by atoms with Crippen molar-refractivity contribution >= 4 is 11.0 Å². The maximum absolute atomic E-state index is 5.21. The summed E-state index contributed by atoms with van der Waals surface area (Å²) in [6, 6.07) is 7.41. The van der Waals surface area contributed by atoms with Gasteiger partial charge < -0.3 is 4.42 Å². The van der Waals surface area contributed by atoms with Crippen molar-refractivity contribution in [3.8, 4) is 12.3 Å². The molecule has 0 saturated heterocycles. The second-order valence-electron chi connectivity index (χ2n) is 2.26. The minimum Gasteiger partial charge on any atom is -0.453 e. The molecule has 1 heterocycles. The Morgan fingerprint density at radius 2 is 2.36 bits per heavy atom. The predicted octanol–water partition coefficient (Wildman–Crippen LogP) is 2.21. The highest BCUT2D eigenvalue weighted by atomic mass is 16.3. The van der Waals surface area contributed by atoms with Gasteiger partial charge in [-0.05, 0) is 24.3 Å². The quantitative estimate of drug-likeness (QED) is 0.512. The number of benzene rings is 1. The monoisotopic (exact) mass is 141 g/mol. The lowest BCUT2D eigenvalue weighted by Gasteiger charge is -1.88. The van der Waals surface area contributed by atoms with E-state index in [1.807, 2.05) is 18.2 Å². The number of hydrogen-bond acceptors (Lipinski definition) is 1. The molecular formula is C10H5O. The zero-order valence-corrected chi connectivity index (χ0v) is 5.79. The Hall–Kier alpha value is -1.68. The van der Waals surface area contributed by atoms with Crippen molar-refractivity contribution in [2.45, 2.75) is 0 Å². The molecule has 0 amide bonds. The Morgan fingerprint density at radius 1 is 1.45 bits per heavy atom. The maximum Gasteiger partial charge on any atom is 0.170 e. The molecule has 1 nitrogen and oxygen atoms in total. The van der Waals surface area contributed by atoms with E-state index in [2.05, 4.69) is 12.2 Å². The summed E-state index contributed by atoms with van der Waals surface area (Å²) >= 11 is 0. The van der Waals surface area contributed by atoms with Crippen LogP contribution in [-0.2, 0) is 0 Å². The van der Waals surface area contributed by atoms with Crippen molar-refractivity contribution in [2.24, 2.45) is 0 Å². The number of hydrogen-bond donors (Lipinski definition) is 0. The van der Waals surface area contributed by atoms with E-state index in [9.17, 15) is 0 Å². The molecule has 0 spiro atoms. The summed E-state index contributed by atoms with van der Waals surface area (Å²) in [6.07, 6.45) is 7.85. The summed E-state index contributed by atoms with van der Waals surface area (Å²) in [7, 11) is 0. The number of fused-ring (bicyclic) bond motifs is 1. The van der Waals surface area contributed by atoms with E-state index in [4.69, 9.17) is 10.8 Å². The highest BCUT2D eigenvalue weighted by Crippen LogP contribution is 2.15. The Bertz CT molecular complexity index is 418. The maximum atomic E-state index is 5.21. The van der Waals surface area contributed by atoms with Crippen molar-refractivity contribution in [2.75, 3.05) is 0 Å². The van der Waals surface area contributed by atoms with E-state index in [-0.39, 0.29) is 0 Å². The van der Waals surface area contributed by atoms with Crippen molar-refractivity contribution in [3.63, 3.8) is 0 Å². The van der Waals surface area contributed by atoms with Crippen LogP contribution in [-0.4, -0.2) is 0 Å². The Kier molecular flexibility index (Phi) is 1.20. The van der Waals surface area contributed by atoms with Gasteiger partial charge in [-0.25, -0.2) is 0 Å². The van der Waals surface area contributed by atoms with Crippen LogP contribution in [0.4, 0.5) is 0 Å². The molecule has 0 fully saturated rings. The van der Waals surface area contributed by atoms with Crippen molar-refractivity contribution in [1.82, 2.24) is 0 Å². The summed E-state index contributed by atoms with van der Waals surface area (Å²) in [5.41, 5.74) is 1.63. The number of terminal acetylenes is 1. The molecule has 0 atom stereocenters. The first kappa shape index (κ1) is 6.06. The van der Waals surface area contributed by atoms with Gasteiger partial charge in [0.15, 0.2) is 6.26 Å². The van der Waals surface area contributed by atoms with Crippen molar-refractivity contribution in [1.29, 1.82) is 0 Å². The minimum atomic E-state index is 0.792. The third kappa shape index (κ3) is 0.890. The van der Waals surface area contributed by atoms with Gasteiger partial charge in [-0.2, -0.15) is 0 Å². The number of furan rings is 1. The first-order valence-corrected chi connectivity index (χ1v) is 3.26. The molecule has 0 N–H and O–H groups in total. The van der Waals surface area contributed by atoms with Gasteiger partial charge in [-0.3, -0.25) is 0 Å². The fraction of sp³-hybridized carbons (Fsp3) is 0. The molecular weight excluding hydrogens is 136 g/mol. The summed E-state index contributed by atoms with van der Waals surface area (Å²) in [5.74, 6) is 2.54. The van der Waals surface area contributed by atoms with Crippen molar-refractivity contribution in [3.05, 3.63) is 36.1 Å². The Balaban J connectivity index is 2.79. The van der Waals surface area contributed by atoms with E-state index in [1.165, 1.54) is 0 Å². The summed E-state index contributed by atoms with van der Waals surface area (Å²) < 4.78 is 5.04. The van der Waals surface area contributed by atoms with Gasteiger partial charge in [0.2, 0.25) is 0 Å². The zero-order chi connectivity index (χ0) is 7.68. The fourth-order valence-electron chi connectivity index (χ4n) is 0.988. The second kappa shape index (κ2) is 2.17. The normalized spacial score (nSPS) is 9.73. The third-order valence-electron chi connectivity index (χ3n) is 1.56. The molecule has 0 saturated carbocycles. The van der Waals surface area contributed by atoms with Crippen LogP contribution in [0.5, 0.6) is 0 Å². The average molecular weight is 141 g/mol. The molecule has 0 aliphatic rings. The molecule has 2 rings (SSSR count). The van der Waals surface area contributed by atoms with E-state index < -0.39 is 0 Å². The van der Waals surface area contributed by atoms with Crippen LogP contribution in [0.3, 0.4) is 0 Å².